The molecule has 92 valence electrons. The highest BCUT2D eigenvalue weighted by atomic mass is 35.5. The van der Waals surface area contributed by atoms with E-state index in [1.165, 1.54) is 0 Å². The van der Waals surface area contributed by atoms with Gasteiger partial charge in [-0.05, 0) is 42.0 Å². The molecule has 0 aliphatic rings. The number of carboxylic acid groups (broad SMARTS) is 1. The average molecular weight is 262 g/mol. The van der Waals surface area contributed by atoms with Gasteiger partial charge in [-0.25, -0.2) is 4.79 Å². The molecule has 0 amide bonds. The number of carbonyl (C=O) groups is 1. The molecule has 18 heavy (non-hydrogen) atoms. The minimum atomic E-state index is -0.910. The first-order valence-corrected chi connectivity index (χ1v) is 5.84. The Hall–Kier alpha value is -2.00. The lowest BCUT2D eigenvalue weighted by Gasteiger charge is -2.06. The third kappa shape index (κ3) is 3.25. The van der Waals surface area contributed by atoms with Crippen LogP contribution in [-0.4, -0.2) is 11.1 Å². The van der Waals surface area contributed by atoms with Gasteiger partial charge in [0.05, 0.1) is 5.56 Å². The maximum absolute atomic E-state index is 10.7. The molecule has 0 atom stereocenters. The second-order valence-electron chi connectivity index (χ2n) is 3.86. The van der Waals surface area contributed by atoms with Gasteiger partial charge in [0, 0.05) is 17.3 Å². The van der Waals surface area contributed by atoms with Gasteiger partial charge in [-0.1, -0.05) is 23.7 Å². The van der Waals surface area contributed by atoms with E-state index in [2.05, 4.69) is 5.32 Å². The standard InChI is InChI=1S/C14H12ClNO2/c15-12-5-7-13(8-6-12)16-9-10-1-3-11(4-2-10)14(17)18/h1-8,16H,9H2,(H,17,18). The highest BCUT2D eigenvalue weighted by Crippen LogP contribution is 2.14. The minimum absolute atomic E-state index is 0.297. The van der Waals surface area contributed by atoms with Crippen molar-refractivity contribution in [3.63, 3.8) is 0 Å². The van der Waals surface area contributed by atoms with Crippen molar-refractivity contribution < 1.29 is 9.90 Å². The summed E-state index contributed by atoms with van der Waals surface area (Å²) in [4.78, 5) is 10.7. The highest BCUT2D eigenvalue weighted by Gasteiger charge is 2.01. The first kappa shape index (κ1) is 12.5. The van der Waals surface area contributed by atoms with Gasteiger partial charge in [0.1, 0.15) is 0 Å². The van der Waals surface area contributed by atoms with Gasteiger partial charge in [-0.2, -0.15) is 0 Å². The Labute approximate surface area is 110 Å². The van der Waals surface area contributed by atoms with Crippen molar-refractivity contribution in [2.45, 2.75) is 6.54 Å². The molecule has 0 heterocycles. The van der Waals surface area contributed by atoms with Crippen LogP contribution in [0, 0.1) is 0 Å². The Kier molecular flexibility index (Phi) is 3.85. The summed E-state index contributed by atoms with van der Waals surface area (Å²) < 4.78 is 0. The fourth-order valence-electron chi connectivity index (χ4n) is 1.54. The largest absolute Gasteiger partial charge is 0.478 e. The first-order chi connectivity index (χ1) is 8.65. The van der Waals surface area contributed by atoms with Crippen molar-refractivity contribution in [2.75, 3.05) is 5.32 Å². The molecule has 0 radical (unpaired) electrons. The maximum Gasteiger partial charge on any atom is 0.335 e. The number of benzene rings is 2. The Morgan fingerprint density at radius 1 is 1.06 bits per heavy atom. The summed E-state index contributed by atoms with van der Waals surface area (Å²) in [6.07, 6.45) is 0. The fraction of sp³-hybridized carbons (Fsp3) is 0.0714. The SMILES string of the molecule is O=C(O)c1ccc(CNc2ccc(Cl)cc2)cc1. The maximum atomic E-state index is 10.7. The average Bonchev–Trinajstić information content (AvgIpc) is 2.38. The molecule has 3 nitrogen and oxygen atoms in total. The van der Waals surface area contributed by atoms with E-state index in [1.807, 2.05) is 24.3 Å². The molecule has 0 aliphatic heterocycles. The van der Waals surface area contributed by atoms with Crippen molar-refractivity contribution in [1.29, 1.82) is 0 Å². The smallest absolute Gasteiger partial charge is 0.335 e. The van der Waals surface area contributed by atoms with Crippen LogP contribution >= 0.6 is 11.6 Å². The first-order valence-electron chi connectivity index (χ1n) is 5.47. The molecule has 0 fully saturated rings. The molecular weight excluding hydrogens is 250 g/mol. The van der Waals surface area contributed by atoms with Gasteiger partial charge in [0.2, 0.25) is 0 Å². The number of hydrogen-bond acceptors (Lipinski definition) is 2. The van der Waals surface area contributed by atoms with E-state index >= 15 is 0 Å². The van der Waals surface area contributed by atoms with E-state index in [-0.39, 0.29) is 0 Å². The van der Waals surface area contributed by atoms with Gasteiger partial charge in [-0.15, -0.1) is 0 Å². The van der Waals surface area contributed by atoms with Crippen molar-refractivity contribution in [1.82, 2.24) is 0 Å². The molecule has 2 N–H and O–H groups in total. The van der Waals surface area contributed by atoms with E-state index in [9.17, 15) is 4.79 Å². The third-order valence-corrected chi connectivity index (χ3v) is 2.79. The summed E-state index contributed by atoms with van der Waals surface area (Å²) in [5.41, 5.74) is 2.29. The molecule has 2 aromatic carbocycles. The second kappa shape index (κ2) is 5.56. The van der Waals surface area contributed by atoms with Gasteiger partial charge < -0.3 is 10.4 Å². The number of aromatic carboxylic acids is 1. The van der Waals surface area contributed by atoms with Crippen molar-refractivity contribution >= 4 is 23.3 Å². The van der Waals surface area contributed by atoms with Crippen molar-refractivity contribution in [2.24, 2.45) is 0 Å². The number of halogens is 1. The predicted octanol–water partition coefficient (Wildman–Crippen LogP) is 3.65. The second-order valence-corrected chi connectivity index (χ2v) is 4.30. The molecule has 0 bridgehead atoms. The molecule has 4 heteroatoms. The van der Waals surface area contributed by atoms with Crippen LogP contribution in [0.4, 0.5) is 5.69 Å². The van der Waals surface area contributed by atoms with Gasteiger partial charge in [0.15, 0.2) is 0 Å². The third-order valence-electron chi connectivity index (χ3n) is 2.54. The van der Waals surface area contributed by atoms with E-state index in [4.69, 9.17) is 16.7 Å². The summed E-state index contributed by atoms with van der Waals surface area (Å²) in [5.74, 6) is -0.910. The van der Waals surface area contributed by atoms with Crippen LogP contribution < -0.4 is 5.32 Å². The van der Waals surface area contributed by atoms with Crippen LogP contribution in [0.5, 0.6) is 0 Å². The molecular formula is C14H12ClNO2. The molecule has 0 spiro atoms. The zero-order valence-electron chi connectivity index (χ0n) is 9.56. The van der Waals surface area contributed by atoms with Crippen LogP contribution in [-0.2, 0) is 6.54 Å². The van der Waals surface area contributed by atoms with Crippen molar-refractivity contribution in [3.05, 3.63) is 64.7 Å². The zero-order valence-corrected chi connectivity index (χ0v) is 10.3. The summed E-state index contributed by atoms with van der Waals surface area (Å²) in [7, 11) is 0. The molecule has 2 aromatic rings. The molecule has 0 saturated carbocycles. The fourth-order valence-corrected chi connectivity index (χ4v) is 1.66. The van der Waals surface area contributed by atoms with Crippen LogP contribution in [0.3, 0.4) is 0 Å². The number of anilines is 1. The lowest BCUT2D eigenvalue weighted by Crippen LogP contribution is -2.00. The lowest BCUT2D eigenvalue weighted by molar-refractivity contribution is 0.0697. The zero-order chi connectivity index (χ0) is 13.0. The molecule has 0 aromatic heterocycles. The number of rotatable bonds is 4. The molecule has 2 rings (SSSR count). The van der Waals surface area contributed by atoms with Gasteiger partial charge in [0.25, 0.3) is 0 Å². The molecule has 0 unspecified atom stereocenters. The Balaban J connectivity index is 1.97. The molecule has 0 aliphatic carbocycles. The topological polar surface area (TPSA) is 49.3 Å². The van der Waals surface area contributed by atoms with Crippen molar-refractivity contribution in [3.8, 4) is 0 Å². The lowest BCUT2D eigenvalue weighted by atomic mass is 10.1. The number of hydrogen-bond donors (Lipinski definition) is 2. The van der Waals surface area contributed by atoms with Crippen LogP contribution in [0.2, 0.25) is 5.02 Å². The van der Waals surface area contributed by atoms with Gasteiger partial charge in [-0.3, -0.25) is 0 Å². The summed E-state index contributed by atoms with van der Waals surface area (Å²) in [5, 5.41) is 12.7. The Morgan fingerprint density at radius 2 is 1.67 bits per heavy atom. The molecule has 0 saturated heterocycles. The minimum Gasteiger partial charge on any atom is -0.478 e. The number of carboxylic acids is 1. The number of nitrogens with one attached hydrogen (secondary N) is 1. The Bertz CT molecular complexity index is 535. The monoisotopic (exact) mass is 261 g/mol. The predicted molar refractivity (Wildman–Crippen MR) is 72.2 cm³/mol. The summed E-state index contributed by atoms with van der Waals surface area (Å²) in [6, 6.07) is 14.2. The normalized spacial score (nSPS) is 10.1. The highest BCUT2D eigenvalue weighted by molar-refractivity contribution is 6.30. The van der Waals surface area contributed by atoms with E-state index < -0.39 is 5.97 Å². The van der Waals surface area contributed by atoms with Gasteiger partial charge >= 0.3 is 5.97 Å². The van der Waals surface area contributed by atoms with E-state index in [1.54, 1.807) is 24.3 Å². The van der Waals surface area contributed by atoms with Crippen LogP contribution in [0.15, 0.2) is 48.5 Å². The van der Waals surface area contributed by atoms with Crippen LogP contribution in [0.1, 0.15) is 15.9 Å². The van der Waals surface area contributed by atoms with E-state index in [0.717, 1.165) is 11.3 Å². The van der Waals surface area contributed by atoms with E-state index in [0.29, 0.717) is 17.1 Å². The quantitative estimate of drug-likeness (QED) is 0.883. The van der Waals surface area contributed by atoms with Crippen LogP contribution in [0.25, 0.3) is 0 Å². The summed E-state index contributed by atoms with van der Waals surface area (Å²) >= 11 is 5.79. The summed E-state index contributed by atoms with van der Waals surface area (Å²) in [6.45, 7) is 0.640. The Morgan fingerprint density at radius 3 is 2.22 bits per heavy atom.